The lowest BCUT2D eigenvalue weighted by Crippen LogP contribution is -1.95. The predicted molar refractivity (Wildman–Crippen MR) is 72.4 cm³/mol. The third-order valence-electron chi connectivity index (χ3n) is 2.61. The molecule has 0 radical (unpaired) electrons. The fourth-order valence-corrected chi connectivity index (χ4v) is 2.09. The number of aromatic nitrogens is 1. The van der Waals surface area contributed by atoms with Crippen molar-refractivity contribution >= 4 is 21.6 Å². The first kappa shape index (κ1) is 11.3. The zero-order chi connectivity index (χ0) is 11.7. The van der Waals surface area contributed by atoms with Crippen molar-refractivity contribution in [3.05, 3.63) is 41.1 Å². The van der Waals surface area contributed by atoms with Crippen LogP contribution in [0.25, 0.3) is 11.1 Å². The molecule has 0 unspecified atom stereocenters. The van der Waals surface area contributed by atoms with Gasteiger partial charge in [0, 0.05) is 28.5 Å². The highest BCUT2D eigenvalue weighted by Gasteiger charge is 2.08. The quantitative estimate of drug-likeness (QED) is 0.882. The van der Waals surface area contributed by atoms with Gasteiger partial charge in [-0.15, -0.1) is 0 Å². The van der Waals surface area contributed by atoms with Crippen LogP contribution in [0.5, 0.6) is 0 Å². The van der Waals surface area contributed by atoms with Gasteiger partial charge in [0.25, 0.3) is 0 Å². The van der Waals surface area contributed by atoms with Crippen molar-refractivity contribution in [2.75, 3.05) is 5.73 Å². The predicted octanol–water partition coefficient (Wildman–Crippen LogP) is 4.08. The molecule has 1 aromatic carbocycles. The van der Waals surface area contributed by atoms with Crippen LogP contribution in [0.15, 0.2) is 41.1 Å². The Bertz CT molecular complexity index is 500. The van der Waals surface area contributed by atoms with Crippen molar-refractivity contribution in [3.63, 3.8) is 0 Å². The second-order valence-corrected chi connectivity index (χ2v) is 5.09. The highest BCUT2D eigenvalue weighted by Crippen LogP contribution is 2.29. The van der Waals surface area contributed by atoms with Crippen LogP contribution in [0, 0.1) is 0 Å². The van der Waals surface area contributed by atoms with Gasteiger partial charge in [0.1, 0.15) is 0 Å². The molecule has 0 aliphatic rings. The van der Waals surface area contributed by atoms with Gasteiger partial charge in [-0.05, 0) is 31.5 Å². The summed E-state index contributed by atoms with van der Waals surface area (Å²) >= 11 is 3.47. The van der Waals surface area contributed by atoms with E-state index < -0.39 is 0 Å². The molecule has 2 rings (SSSR count). The van der Waals surface area contributed by atoms with E-state index in [1.54, 1.807) is 0 Å². The molecule has 0 aliphatic heterocycles. The maximum Gasteiger partial charge on any atom is 0.0573 e. The summed E-state index contributed by atoms with van der Waals surface area (Å²) in [7, 11) is 0. The van der Waals surface area contributed by atoms with E-state index in [2.05, 4.69) is 52.7 Å². The zero-order valence-corrected chi connectivity index (χ0v) is 11.0. The molecule has 16 heavy (non-hydrogen) atoms. The van der Waals surface area contributed by atoms with E-state index in [4.69, 9.17) is 5.73 Å². The summed E-state index contributed by atoms with van der Waals surface area (Å²) in [6.07, 6.45) is 4.09. The van der Waals surface area contributed by atoms with Crippen molar-refractivity contribution in [2.24, 2.45) is 0 Å². The first-order chi connectivity index (χ1) is 7.58. The third kappa shape index (κ3) is 2.14. The summed E-state index contributed by atoms with van der Waals surface area (Å²) in [4.78, 5) is 0. The second kappa shape index (κ2) is 4.34. The van der Waals surface area contributed by atoms with E-state index in [0.29, 0.717) is 6.04 Å². The number of nitrogens with two attached hydrogens (primary N) is 1. The Morgan fingerprint density at radius 1 is 1.25 bits per heavy atom. The van der Waals surface area contributed by atoms with Gasteiger partial charge in [-0.3, -0.25) is 0 Å². The van der Waals surface area contributed by atoms with E-state index >= 15 is 0 Å². The lowest BCUT2D eigenvalue weighted by atomic mass is 10.1. The number of nitrogens with zero attached hydrogens (tertiary/aromatic N) is 1. The Labute approximate surface area is 104 Å². The molecule has 2 nitrogen and oxygen atoms in total. The van der Waals surface area contributed by atoms with Crippen LogP contribution in [0.2, 0.25) is 0 Å². The molecule has 0 bridgehead atoms. The van der Waals surface area contributed by atoms with Gasteiger partial charge >= 0.3 is 0 Å². The Kier molecular flexibility index (Phi) is 3.06. The van der Waals surface area contributed by atoms with Crippen molar-refractivity contribution < 1.29 is 0 Å². The largest absolute Gasteiger partial charge is 0.397 e. The standard InChI is InChI=1S/C13H15BrN2/c1-9(2)16-7-12(13(15)8-16)10-4-3-5-11(14)6-10/h3-9H,15H2,1-2H3. The highest BCUT2D eigenvalue weighted by atomic mass is 79.9. The maximum atomic E-state index is 6.03. The molecule has 0 atom stereocenters. The lowest BCUT2D eigenvalue weighted by Gasteiger charge is -2.05. The number of hydrogen-bond donors (Lipinski definition) is 1. The van der Waals surface area contributed by atoms with Crippen molar-refractivity contribution in [3.8, 4) is 11.1 Å². The molecular formula is C13H15BrN2. The van der Waals surface area contributed by atoms with Crippen LogP contribution in [0.1, 0.15) is 19.9 Å². The summed E-state index contributed by atoms with van der Waals surface area (Å²) in [5.74, 6) is 0. The van der Waals surface area contributed by atoms with E-state index in [1.165, 1.54) is 0 Å². The number of halogens is 1. The van der Waals surface area contributed by atoms with Crippen LogP contribution in [0.4, 0.5) is 5.69 Å². The van der Waals surface area contributed by atoms with Crippen LogP contribution in [-0.2, 0) is 0 Å². The van der Waals surface area contributed by atoms with Gasteiger partial charge in [-0.1, -0.05) is 28.1 Å². The molecule has 1 heterocycles. The fraction of sp³-hybridized carbons (Fsp3) is 0.231. The second-order valence-electron chi connectivity index (χ2n) is 4.18. The molecule has 84 valence electrons. The van der Waals surface area contributed by atoms with E-state index in [9.17, 15) is 0 Å². The molecular weight excluding hydrogens is 264 g/mol. The van der Waals surface area contributed by atoms with Crippen LogP contribution in [0.3, 0.4) is 0 Å². The maximum absolute atomic E-state index is 6.03. The number of anilines is 1. The lowest BCUT2D eigenvalue weighted by molar-refractivity contribution is 0.604. The smallest absolute Gasteiger partial charge is 0.0573 e. The van der Waals surface area contributed by atoms with Crippen LogP contribution < -0.4 is 5.73 Å². The average Bonchev–Trinajstić information content (AvgIpc) is 2.60. The fourth-order valence-electron chi connectivity index (χ4n) is 1.69. The van der Waals surface area contributed by atoms with E-state index in [0.717, 1.165) is 21.3 Å². The Balaban J connectivity index is 2.48. The molecule has 0 amide bonds. The van der Waals surface area contributed by atoms with Crippen molar-refractivity contribution in [1.82, 2.24) is 4.57 Å². The molecule has 2 aromatic rings. The van der Waals surface area contributed by atoms with Gasteiger partial charge in [-0.25, -0.2) is 0 Å². The zero-order valence-electron chi connectivity index (χ0n) is 9.44. The van der Waals surface area contributed by atoms with Crippen LogP contribution in [-0.4, -0.2) is 4.57 Å². The number of hydrogen-bond acceptors (Lipinski definition) is 1. The molecule has 0 spiro atoms. The minimum Gasteiger partial charge on any atom is -0.397 e. The molecule has 0 aliphatic carbocycles. The minimum absolute atomic E-state index is 0.434. The Morgan fingerprint density at radius 2 is 2.00 bits per heavy atom. The number of rotatable bonds is 2. The monoisotopic (exact) mass is 278 g/mol. The first-order valence-corrected chi connectivity index (χ1v) is 6.10. The third-order valence-corrected chi connectivity index (χ3v) is 3.10. The molecule has 3 heteroatoms. The summed E-state index contributed by atoms with van der Waals surface area (Å²) < 4.78 is 3.20. The normalized spacial score (nSPS) is 11.0. The van der Waals surface area contributed by atoms with Gasteiger partial charge in [0.05, 0.1) is 5.69 Å². The van der Waals surface area contributed by atoms with Gasteiger partial charge < -0.3 is 10.3 Å². The SMILES string of the molecule is CC(C)n1cc(N)c(-c2cccc(Br)c2)c1. The van der Waals surface area contributed by atoms with Crippen LogP contribution >= 0.6 is 15.9 Å². The van der Waals surface area contributed by atoms with Gasteiger partial charge in [-0.2, -0.15) is 0 Å². The molecule has 0 fully saturated rings. The first-order valence-electron chi connectivity index (χ1n) is 5.31. The summed E-state index contributed by atoms with van der Waals surface area (Å²) in [5, 5.41) is 0. The van der Waals surface area contributed by atoms with Crippen molar-refractivity contribution in [1.29, 1.82) is 0 Å². The van der Waals surface area contributed by atoms with Gasteiger partial charge in [0.15, 0.2) is 0 Å². The van der Waals surface area contributed by atoms with E-state index in [-0.39, 0.29) is 0 Å². The van der Waals surface area contributed by atoms with Gasteiger partial charge in [0.2, 0.25) is 0 Å². The molecule has 1 aromatic heterocycles. The molecule has 2 N–H and O–H groups in total. The topological polar surface area (TPSA) is 30.9 Å². The highest BCUT2D eigenvalue weighted by molar-refractivity contribution is 9.10. The summed E-state index contributed by atoms with van der Waals surface area (Å²) in [6.45, 7) is 4.29. The van der Waals surface area contributed by atoms with E-state index in [1.807, 2.05) is 18.3 Å². The average molecular weight is 279 g/mol. The molecule has 0 saturated carbocycles. The van der Waals surface area contributed by atoms with Crippen molar-refractivity contribution in [2.45, 2.75) is 19.9 Å². The Hall–Kier alpha value is -1.22. The molecule has 0 saturated heterocycles. The number of nitrogen functional groups attached to an aromatic ring is 1. The minimum atomic E-state index is 0.434. The number of benzene rings is 1. The summed E-state index contributed by atoms with van der Waals surface area (Å²) in [6, 6.07) is 8.62. The Morgan fingerprint density at radius 3 is 2.56 bits per heavy atom. The summed E-state index contributed by atoms with van der Waals surface area (Å²) in [5.41, 5.74) is 9.09.